The fraction of sp³-hybridized carbons (Fsp3) is 0.692. The third-order valence-electron chi connectivity index (χ3n) is 2.91. The standard InChI is InChI=1S/C13H21IN2O/c1-3-4-5-6-7-8-9-16-10-15-11(2)12(14)13(16)17/h10H,3-9H2,1-2H3. The van der Waals surface area contributed by atoms with Gasteiger partial charge in [-0.2, -0.15) is 0 Å². The Morgan fingerprint density at radius 1 is 1.24 bits per heavy atom. The first-order chi connectivity index (χ1) is 8.16. The van der Waals surface area contributed by atoms with Gasteiger partial charge in [0.1, 0.15) is 0 Å². The molecule has 0 saturated carbocycles. The lowest BCUT2D eigenvalue weighted by Crippen LogP contribution is -2.24. The highest BCUT2D eigenvalue weighted by Crippen LogP contribution is 2.06. The van der Waals surface area contributed by atoms with Crippen LogP contribution in [0, 0.1) is 10.5 Å². The molecule has 0 fully saturated rings. The maximum atomic E-state index is 11.9. The number of aryl methyl sites for hydroxylation is 2. The smallest absolute Gasteiger partial charge is 0.266 e. The van der Waals surface area contributed by atoms with Crippen LogP contribution in [0.25, 0.3) is 0 Å². The van der Waals surface area contributed by atoms with Crippen LogP contribution in [0.2, 0.25) is 0 Å². The predicted octanol–water partition coefficient (Wildman–Crippen LogP) is 3.52. The van der Waals surface area contributed by atoms with E-state index in [0.29, 0.717) is 0 Å². The third-order valence-corrected chi connectivity index (χ3v) is 4.15. The molecular formula is C13H21IN2O. The van der Waals surface area contributed by atoms with Gasteiger partial charge in [-0.25, -0.2) is 4.98 Å². The normalized spacial score (nSPS) is 10.8. The molecule has 0 saturated heterocycles. The van der Waals surface area contributed by atoms with E-state index in [0.717, 1.165) is 22.2 Å². The van der Waals surface area contributed by atoms with Gasteiger partial charge in [0.2, 0.25) is 0 Å². The van der Waals surface area contributed by atoms with E-state index in [1.807, 2.05) is 6.92 Å². The van der Waals surface area contributed by atoms with Gasteiger partial charge >= 0.3 is 0 Å². The van der Waals surface area contributed by atoms with Crippen molar-refractivity contribution in [1.82, 2.24) is 9.55 Å². The SMILES string of the molecule is CCCCCCCCn1cnc(C)c(I)c1=O. The average Bonchev–Trinajstić information content (AvgIpc) is 2.33. The summed E-state index contributed by atoms with van der Waals surface area (Å²) >= 11 is 2.08. The average molecular weight is 348 g/mol. The third kappa shape index (κ3) is 4.77. The Morgan fingerprint density at radius 2 is 1.88 bits per heavy atom. The molecule has 0 unspecified atom stereocenters. The number of hydrogen-bond acceptors (Lipinski definition) is 2. The summed E-state index contributed by atoms with van der Waals surface area (Å²) in [4.78, 5) is 16.1. The van der Waals surface area contributed by atoms with Gasteiger partial charge in [-0.3, -0.25) is 9.36 Å². The lowest BCUT2D eigenvalue weighted by Gasteiger charge is -2.06. The molecule has 0 amide bonds. The van der Waals surface area contributed by atoms with Crippen molar-refractivity contribution in [3.63, 3.8) is 0 Å². The maximum Gasteiger partial charge on any atom is 0.266 e. The van der Waals surface area contributed by atoms with Crippen molar-refractivity contribution < 1.29 is 0 Å². The molecule has 1 heterocycles. The summed E-state index contributed by atoms with van der Waals surface area (Å²) in [5, 5.41) is 0. The fourth-order valence-corrected chi connectivity index (χ4v) is 2.22. The van der Waals surface area contributed by atoms with E-state index in [2.05, 4.69) is 34.5 Å². The first-order valence-electron chi connectivity index (χ1n) is 6.38. The molecule has 0 bridgehead atoms. The monoisotopic (exact) mass is 348 g/mol. The Morgan fingerprint density at radius 3 is 2.59 bits per heavy atom. The van der Waals surface area contributed by atoms with Crippen LogP contribution in [0.4, 0.5) is 0 Å². The highest BCUT2D eigenvalue weighted by Gasteiger charge is 2.04. The molecule has 1 aromatic heterocycles. The molecule has 0 radical (unpaired) electrons. The second kappa shape index (κ2) is 7.84. The molecule has 0 aliphatic rings. The van der Waals surface area contributed by atoms with Gasteiger partial charge in [-0.1, -0.05) is 39.0 Å². The number of hydrogen-bond donors (Lipinski definition) is 0. The topological polar surface area (TPSA) is 34.9 Å². The van der Waals surface area contributed by atoms with Gasteiger partial charge in [-0.15, -0.1) is 0 Å². The van der Waals surface area contributed by atoms with E-state index in [1.165, 1.54) is 32.1 Å². The number of halogens is 1. The molecular weight excluding hydrogens is 327 g/mol. The van der Waals surface area contributed by atoms with E-state index in [-0.39, 0.29) is 5.56 Å². The molecule has 4 heteroatoms. The van der Waals surface area contributed by atoms with Crippen LogP contribution in [-0.2, 0) is 6.54 Å². The lowest BCUT2D eigenvalue weighted by molar-refractivity contribution is 0.543. The Labute approximate surface area is 117 Å². The van der Waals surface area contributed by atoms with Gasteiger partial charge in [-0.05, 0) is 35.9 Å². The number of unbranched alkanes of at least 4 members (excludes halogenated alkanes) is 5. The van der Waals surface area contributed by atoms with Gasteiger partial charge < -0.3 is 0 Å². The molecule has 0 aromatic carbocycles. The molecule has 17 heavy (non-hydrogen) atoms. The number of aromatic nitrogens is 2. The highest BCUT2D eigenvalue weighted by atomic mass is 127. The van der Waals surface area contributed by atoms with Crippen molar-refractivity contribution in [2.75, 3.05) is 0 Å². The molecule has 0 atom stereocenters. The summed E-state index contributed by atoms with van der Waals surface area (Å²) in [6.45, 7) is 4.89. The Balaban J connectivity index is 2.37. The molecule has 96 valence electrons. The van der Waals surface area contributed by atoms with Gasteiger partial charge in [0.25, 0.3) is 5.56 Å². The Hall–Kier alpha value is -0.390. The van der Waals surface area contributed by atoms with Crippen LogP contribution in [0.1, 0.15) is 51.1 Å². The summed E-state index contributed by atoms with van der Waals surface area (Å²) in [5.41, 5.74) is 0.932. The van der Waals surface area contributed by atoms with E-state index in [4.69, 9.17) is 0 Å². The predicted molar refractivity (Wildman–Crippen MR) is 79.3 cm³/mol. The molecule has 3 nitrogen and oxygen atoms in total. The second-order valence-corrected chi connectivity index (χ2v) is 5.49. The number of rotatable bonds is 7. The van der Waals surface area contributed by atoms with Gasteiger partial charge in [0, 0.05) is 6.54 Å². The Kier molecular flexibility index (Phi) is 6.77. The summed E-state index contributed by atoms with van der Waals surface area (Å²) in [6, 6.07) is 0. The minimum Gasteiger partial charge on any atom is -0.298 e. The van der Waals surface area contributed by atoms with Crippen molar-refractivity contribution in [2.45, 2.75) is 58.9 Å². The van der Waals surface area contributed by atoms with Crippen molar-refractivity contribution in [1.29, 1.82) is 0 Å². The Bertz CT molecular complexity index is 401. The summed E-state index contributed by atoms with van der Waals surface area (Å²) in [5.74, 6) is 0. The van der Waals surface area contributed by atoms with E-state index in [1.54, 1.807) is 10.9 Å². The summed E-state index contributed by atoms with van der Waals surface area (Å²) in [6.07, 6.45) is 9.14. The molecule has 0 N–H and O–H groups in total. The molecule has 0 aliphatic carbocycles. The van der Waals surface area contributed by atoms with Crippen molar-refractivity contribution in [3.05, 3.63) is 25.9 Å². The molecule has 0 aliphatic heterocycles. The molecule has 0 spiro atoms. The van der Waals surface area contributed by atoms with Crippen molar-refractivity contribution >= 4 is 22.6 Å². The molecule has 1 aromatic rings. The summed E-state index contributed by atoms with van der Waals surface area (Å²) < 4.78 is 2.48. The van der Waals surface area contributed by atoms with Crippen LogP contribution in [0.15, 0.2) is 11.1 Å². The van der Waals surface area contributed by atoms with Crippen LogP contribution >= 0.6 is 22.6 Å². The minimum absolute atomic E-state index is 0.103. The van der Waals surface area contributed by atoms with Crippen LogP contribution in [0.5, 0.6) is 0 Å². The highest BCUT2D eigenvalue weighted by molar-refractivity contribution is 14.1. The van der Waals surface area contributed by atoms with E-state index in [9.17, 15) is 4.79 Å². The minimum atomic E-state index is 0.103. The van der Waals surface area contributed by atoms with Crippen molar-refractivity contribution in [3.8, 4) is 0 Å². The maximum absolute atomic E-state index is 11.9. The largest absolute Gasteiger partial charge is 0.298 e. The fourth-order valence-electron chi connectivity index (χ4n) is 1.77. The summed E-state index contributed by atoms with van der Waals surface area (Å²) in [7, 11) is 0. The second-order valence-electron chi connectivity index (χ2n) is 4.41. The zero-order valence-electron chi connectivity index (χ0n) is 10.7. The van der Waals surface area contributed by atoms with Crippen LogP contribution in [0.3, 0.4) is 0 Å². The zero-order valence-corrected chi connectivity index (χ0v) is 12.9. The quantitative estimate of drug-likeness (QED) is 0.558. The van der Waals surface area contributed by atoms with Gasteiger partial charge in [0.15, 0.2) is 0 Å². The first-order valence-corrected chi connectivity index (χ1v) is 7.46. The number of nitrogens with zero attached hydrogens (tertiary/aromatic N) is 2. The first kappa shape index (κ1) is 14.7. The van der Waals surface area contributed by atoms with Crippen LogP contribution < -0.4 is 5.56 Å². The van der Waals surface area contributed by atoms with Crippen molar-refractivity contribution in [2.24, 2.45) is 0 Å². The molecule has 1 rings (SSSR count). The van der Waals surface area contributed by atoms with E-state index >= 15 is 0 Å². The van der Waals surface area contributed by atoms with Crippen LogP contribution in [-0.4, -0.2) is 9.55 Å². The van der Waals surface area contributed by atoms with E-state index < -0.39 is 0 Å². The zero-order chi connectivity index (χ0) is 12.7. The van der Waals surface area contributed by atoms with Gasteiger partial charge in [0.05, 0.1) is 15.6 Å². The lowest BCUT2D eigenvalue weighted by atomic mass is 10.1.